The van der Waals surface area contributed by atoms with Gasteiger partial charge in [0.05, 0.1) is 5.56 Å². The molecule has 94 valence electrons. The van der Waals surface area contributed by atoms with Gasteiger partial charge in [0, 0.05) is 23.5 Å². The number of nitrogens with one attached hydrogen (secondary N) is 2. The van der Waals surface area contributed by atoms with Crippen molar-refractivity contribution in [2.75, 3.05) is 5.32 Å². The lowest BCUT2D eigenvalue weighted by molar-refractivity contribution is -0.116. The number of anilines is 1. The highest BCUT2D eigenvalue weighted by molar-refractivity contribution is 5.94. The Morgan fingerprint density at radius 1 is 1.26 bits per heavy atom. The first-order valence-electron chi connectivity index (χ1n) is 6.20. The predicted octanol–water partition coefficient (Wildman–Crippen LogP) is 2.75. The summed E-state index contributed by atoms with van der Waals surface area (Å²) in [6, 6.07) is 9.97. The van der Waals surface area contributed by atoms with E-state index in [-0.39, 0.29) is 5.91 Å². The first-order chi connectivity index (χ1) is 9.17. The van der Waals surface area contributed by atoms with E-state index in [4.69, 9.17) is 5.26 Å². The molecule has 2 N–H and O–H groups in total. The van der Waals surface area contributed by atoms with Gasteiger partial charge in [-0.2, -0.15) is 5.26 Å². The summed E-state index contributed by atoms with van der Waals surface area (Å²) in [5, 5.41) is 11.8. The average molecular weight is 251 g/mol. The van der Waals surface area contributed by atoms with Crippen LogP contribution in [0.3, 0.4) is 0 Å². The smallest absolute Gasteiger partial charge is 0.224 e. The summed E-state index contributed by atoms with van der Waals surface area (Å²) in [4.78, 5) is 14.5. The number of rotatable bonds is 1. The second kappa shape index (κ2) is 4.29. The molecule has 1 aromatic heterocycles. The highest BCUT2D eigenvalue weighted by Gasteiger charge is 2.15. The van der Waals surface area contributed by atoms with Crippen LogP contribution in [0.5, 0.6) is 0 Å². The molecule has 0 spiro atoms. The molecule has 0 bridgehead atoms. The third-order valence-electron chi connectivity index (χ3n) is 3.45. The maximum atomic E-state index is 11.3. The van der Waals surface area contributed by atoms with Crippen LogP contribution in [0, 0.1) is 18.3 Å². The number of fused-ring (bicyclic) bond motifs is 1. The van der Waals surface area contributed by atoms with E-state index in [1.54, 1.807) is 0 Å². The number of benzene rings is 1. The zero-order chi connectivity index (χ0) is 13.4. The third-order valence-corrected chi connectivity index (χ3v) is 3.45. The standard InChI is InChI=1S/C15H13N3O/c1-9-12(8-16)7-14(17-9)11-2-4-13-10(6-11)3-5-15(19)18-13/h2,4,6-7,17H,3,5H2,1H3,(H,18,19). The molecule has 0 saturated carbocycles. The van der Waals surface area contributed by atoms with Crippen LogP contribution in [-0.4, -0.2) is 10.9 Å². The van der Waals surface area contributed by atoms with Crippen molar-refractivity contribution in [2.24, 2.45) is 0 Å². The number of hydrogen-bond donors (Lipinski definition) is 2. The summed E-state index contributed by atoms with van der Waals surface area (Å²) in [6.45, 7) is 1.89. The molecule has 1 aliphatic heterocycles. The van der Waals surface area contributed by atoms with Crippen LogP contribution in [0.2, 0.25) is 0 Å². The first-order valence-corrected chi connectivity index (χ1v) is 6.20. The van der Waals surface area contributed by atoms with E-state index in [2.05, 4.69) is 22.4 Å². The van der Waals surface area contributed by atoms with Gasteiger partial charge in [0.15, 0.2) is 0 Å². The van der Waals surface area contributed by atoms with Gasteiger partial charge in [-0.05, 0) is 42.7 Å². The number of carbonyl (C=O) groups is 1. The monoisotopic (exact) mass is 251 g/mol. The molecule has 19 heavy (non-hydrogen) atoms. The van der Waals surface area contributed by atoms with Gasteiger partial charge in [-0.15, -0.1) is 0 Å². The van der Waals surface area contributed by atoms with E-state index >= 15 is 0 Å². The number of H-pyrrole nitrogens is 1. The van der Waals surface area contributed by atoms with Gasteiger partial charge in [-0.3, -0.25) is 4.79 Å². The third kappa shape index (κ3) is 2.00. The van der Waals surface area contributed by atoms with Crippen molar-refractivity contribution < 1.29 is 4.79 Å². The van der Waals surface area contributed by atoms with Crippen LogP contribution >= 0.6 is 0 Å². The van der Waals surface area contributed by atoms with E-state index in [0.29, 0.717) is 12.0 Å². The van der Waals surface area contributed by atoms with Gasteiger partial charge in [0.25, 0.3) is 0 Å². The van der Waals surface area contributed by atoms with Gasteiger partial charge in [0.1, 0.15) is 6.07 Å². The quantitative estimate of drug-likeness (QED) is 0.818. The summed E-state index contributed by atoms with van der Waals surface area (Å²) < 4.78 is 0. The summed E-state index contributed by atoms with van der Waals surface area (Å²) in [7, 11) is 0. The van der Waals surface area contributed by atoms with Crippen molar-refractivity contribution in [3.05, 3.63) is 41.1 Å². The molecular formula is C15H13N3O. The Labute approximate surface area is 111 Å². The van der Waals surface area contributed by atoms with Crippen molar-refractivity contribution in [1.29, 1.82) is 5.26 Å². The van der Waals surface area contributed by atoms with Crippen molar-refractivity contribution in [3.8, 4) is 17.3 Å². The summed E-state index contributed by atoms with van der Waals surface area (Å²) >= 11 is 0. The fraction of sp³-hybridized carbons (Fsp3) is 0.200. The number of aryl methyl sites for hydroxylation is 2. The Bertz CT molecular complexity index is 707. The van der Waals surface area contributed by atoms with Crippen molar-refractivity contribution >= 4 is 11.6 Å². The van der Waals surface area contributed by atoms with Crippen LogP contribution in [0.4, 0.5) is 5.69 Å². The molecule has 0 radical (unpaired) electrons. The molecule has 0 aliphatic carbocycles. The van der Waals surface area contributed by atoms with E-state index < -0.39 is 0 Å². The Hall–Kier alpha value is -2.54. The SMILES string of the molecule is Cc1[nH]c(-c2ccc3c(c2)CCC(=O)N3)cc1C#N. The highest BCUT2D eigenvalue weighted by Crippen LogP contribution is 2.29. The van der Waals surface area contributed by atoms with Crippen LogP contribution in [0.15, 0.2) is 24.3 Å². The topological polar surface area (TPSA) is 68.7 Å². The zero-order valence-electron chi connectivity index (χ0n) is 10.6. The number of nitriles is 1. The maximum Gasteiger partial charge on any atom is 0.224 e. The molecule has 1 amide bonds. The Morgan fingerprint density at radius 2 is 2.11 bits per heavy atom. The fourth-order valence-corrected chi connectivity index (χ4v) is 2.38. The molecule has 0 saturated heterocycles. The Balaban J connectivity index is 2.02. The molecule has 0 fully saturated rings. The molecule has 4 heteroatoms. The Kier molecular flexibility index (Phi) is 2.60. The van der Waals surface area contributed by atoms with Gasteiger partial charge in [-0.1, -0.05) is 6.07 Å². The lowest BCUT2D eigenvalue weighted by Crippen LogP contribution is -2.18. The minimum atomic E-state index is 0.0720. The lowest BCUT2D eigenvalue weighted by Gasteiger charge is -2.17. The highest BCUT2D eigenvalue weighted by atomic mass is 16.1. The first kappa shape index (κ1) is 11.5. The van der Waals surface area contributed by atoms with Crippen LogP contribution in [0.1, 0.15) is 23.2 Å². The molecular weight excluding hydrogens is 238 g/mol. The number of carbonyl (C=O) groups excluding carboxylic acids is 1. The van der Waals surface area contributed by atoms with Crippen LogP contribution < -0.4 is 5.32 Å². The summed E-state index contributed by atoms with van der Waals surface area (Å²) in [6.07, 6.45) is 1.30. The second-order valence-corrected chi connectivity index (χ2v) is 4.75. The molecule has 4 nitrogen and oxygen atoms in total. The number of hydrogen-bond acceptors (Lipinski definition) is 2. The zero-order valence-corrected chi connectivity index (χ0v) is 10.6. The number of amides is 1. The molecule has 2 heterocycles. The fourth-order valence-electron chi connectivity index (χ4n) is 2.38. The minimum absolute atomic E-state index is 0.0720. The molecule has 1 aromatic carbocycles. The van der Waals surface area contributed by atoms with Gasteiger partial charge >= 0.3 is 0 Å². The van der Waals surface area contributed by atoms with Crippen LogP contribution in [0.25, 0.3) is 11.3 Å². The average Bonchev–Trinajstić information content (AvgIpc) is 2.79. The number of aromatic amines is 1. The van der Waals surface area contributed by atoms with Gasteiger partial charge < -0.3 is 10.3 Å². The second-order valence-electron chi connectivity index (χ2n) is 4.75. The molecule has 2 aromatic rings. The van der Waals surface area contributed by atoms with Gasteiger partial charge in [-0.25, -0.2) is 0 Å². The molecule has 3 rings (SSSR count). The van der Waals surface area contributed by atoms with Crippen LogP contribution in [-0.2, 0) is 11.2 Å². The Morgan fingerprint density at radius 3 is 2.84 bits per heavy atom. The van der Waals surface area contributed by atoms with Crippen molar-refractivity contribution in [3.63, 3.8) is 0 Å². The van der Waals surface area contributed by atoms with E-state index in [1.807, 2.05) is 25.1 Å². The van der Waals surface area contributed by atoms with E-state index in [9.17, 15) is 4.79 Å². The van der Waals surface area contributed by atoms with E-state index in [1.165, 1.54) is 0 Å². The van der Waals surface area contributed by atoms with Gasteiger partial charge in [0.2, 0.25) is 5.91 Å². The molecule has 1 aliphatic rings. The summed E-state index contributed by atoms with van der Waals surface area (Å²) in [5.41, 5.74) is 5.56. The van der Waals surface area contributed by atoms with Crippen molar-refractivity contribution in [1.82, 2.24) is 4.98 Å². The predicted molar refractivity (Wildman–Crippen MR) is 72.6 cm³/mol. The molecule has 0 atom stereocenters. The minimum Gasteiger partial charge on any atom is -0.358 e. The molecule has 0 unspecified atom stereocenters. The largest absolute Gasteiger partial charge is 0.358 e. The number of aromatic nitrogens is 1. The van der Waals surface area contributed by atoms with Crippen molar-refractivity contribution in [2.45, 2.75) is 19.8 Å². The lowest BCUT2D eigenvalue weighted by atomic mass is 9.99. The summed E-state index contributed by atoms with van der Waals surface area (Å²) in [5.74, 6) is 0.0720. The maximum absolute atomic E-state index is 11.3. The normalized spacial score (nSPS) is 13.6. The number of nitrogens with zero attached hydrogens (tertiary/aromatic N) is 1. The van der Waals surface area contributed by atoms with E-state index in [0.717, 1.165) is 34.6 Å².